The Hall–Kier alpha value is -2.64. The van der Waals surface area contributed by atoms with Crippen molar-refractivity contribution in [2.45, 2.75) is 6.54 Å². The molecule has 6 N–H and O–H groups in total. The van der Waals surface area contributed by atoms with E-state index in [1.54, 1.807) is 11.0 Å². The van der Waals surface area contributed by atoms with Gasteiger partial charge in [0.05, 0.1) is 25.0 Å². The number of rotatable bonds is 8. The Balaban J connectivity index is 1.85. The van der Waals surface area contributed by atoms with Crippen LogP contribution < -0.4 is 16.2 Å². The molecule has 37 heavy (non-hydrogen) atoms. The Bertz CT molecular complexity index is 1100. The lowest BCUT2D eigenvalue weighted by Gasteiger charge is -2.33. The zero-order valence-corrected chi connectivity index (χ0v) is 21.7. The van der Waals surface area contributed by atoms with Gasteiger partial charge < -0.3 is 26.5 Å². The summed E-state index contributed by atoms with van der Waals surface area (Å²) in [5.41, 5.74) is 11.5. The van der Waals surface area contributed by atoms with E-state index in [1.165, 1.54) is 6.20 Å². The maximum Gasteiger partial charge on any atom is 0.339 e. The molecule has 1 aromatic carbocycles. The van der Waals surface area contributed by atoms with Gasteiger partial charge in [-0.1, -0.05) is 18.2 Å². The zero-order chi connectivity index (χ0) is 27.0. The van der Waals surface area contributed by atoms with Gasteiger partial charge in [-0.3, -0.25) is 33.8 Å². The lowest BCUT2D eigenvalue weighted by Crippen LogP contribution is -2.49. The fraction of sp³-hybridized carbons (Fsp3) is 0.522. The van der Waals surface area contributed by atoms with E-state index < -0.39 is 25.7 Å². The largest absolute Gasteiger partial charge is 0.618 e. The van der Waals surface area contributed by atoms with Crippen LogP contribution in [0.3, 0.4) is 0 Å². The quantitative estimate of drug-likeness (QED) is 0.172. The Morgan fingerprint density at radius 2 is 1.32 bits per heavy atom. The van der Waals surface area contributed by atoms with Gasteiger partial charge in [0, 0.05) is 58.4 Å². The SMILES string of the molecule is NC(=O)CN1CCN(Cc2c3ccccc3cc[n+]2[O-])CCN(CC(N)=O)CCN(CP(=O)(O)O)CC1. The smallest absolute Gasteiger partial charge is 0.339 e. The number of hydrogen-bond donors (Lipinski definition) is 4. The Labute approximate surface area is 215 Å². The highest BCUT2D eigenvalue weighted by molar-refractivity contribution is 7.51. The first-order valence-corrected chi connectivity index (χ1v) is 13.9. The van der Waals surface area contributed by atoms with Crippen LogP contribution in [0.5, 0.6) is 0 Å². The average Bonchev–Trinajstić information content (AvgIpc) is 2.80. The highest BCUT2D eigenvalue weighted by atomic mass is 31.2. The normalized spacial score (nSPS) is 18.3. The minimum Gasteiger partial charge on any atom is -0.618 e. The van der Waals surface area contributed by atoms with E-state index in [1.807, 2.05) is 34.1 Å². The lowest BCUT2D eigenvalue weighted by atomic mass is 10.1. The van der Waals surface area contributed by atoms with Crippen LogP contribution in [0.25, 0.3) is 10.8 Å². The van der Waals surface area contributed by atoms with Crippen LogP contribution >= 0.6 is 7.60 Å². The topological polar surface area (TPSA) is 184 Å². The molecule has 0 bridgehead atoms. The van der Waals surface area contributed by atoms with Gasteiger partial charge in [-0.05, 0) is 11.5 Å². The van der Waals surface area contributed by atoms with Crippen molar-refractivity contribution in [2.75, 3.05) is 71.7 Å². The number of nitrogens with two attached hydrogens (primary N) is 2. The maximum atomic E-state index is 12.7. The number of pyridine rings is 1. The number of aromatic nitrogens is 1. The van der Waals surface area contributed by atoms with Crippen LogP contribution in [0, 0.1) is 5.21 Å². The first-order chi connectivity index (χ1) is 17.5. The minimum absolute atomic E-state index is 0.00120. The van der Waals surface area contributed by atoms with Crippen LogP contribution in [0.1, 0.15) is 5.69 Å². The number of benzene rings is 1. The predicted molar refractivity (Wildman–Crippen MR) is 138 cm³/mol. The lowest BCUT2D eigenvalue weighted by molar-refractivity contribution is -0.613. The molecule has 2 amide bonds. The van der Waals surface area contributed by atoms with Crippen molar-refractivity contribution < 1.29 is 28.7 Å². The van der Waals surface area contributed by atoms with Crippen molar-refractivity contribution in [3.05, 3.63) is 47.4 Å². The summed E-state index contributed by atoms with van der Waals surface area (Å²) in [5.74, 6) is -1.00. The van der Waals surface area contributed by atoms with Crippen LogP contribution in [0.2, 0.25) is 0 Å². The third-order valence-corrected chi connectivity index (χ3v) is 7.14. The van der Waals surface area contributed by atoms with Crippen LogP contribution in [0.15, 0.2) is 36.5 Å². The molecule has 14 heteroatoms. The van der Waals surface area contributed by atoms with Gasteiger partial charge >= 0.3 is 7.60 Å². The van der Waals surface area contributed by atoms with Crippen molar-refractivity contribution in [3.63, 3.8) is 0 Å². The van der Waals surface area contributed by atoms with E-state index in [4.69, 9.17) is 11.5 Å². The molecular weight excluding hydrogens is 501 g/mol. The highest BCUT2D eigenvalue weighted by Gasteiger charge is 2.24. The summed E-state index contributed by atoms with van der Waals surface area (Å²) in [5, 5.41) is 14.5. The molecule has 0 aliphatic carbocycles. The number of amides is 2. The molecule has 0 spiro atoms. The summed E-state index contributed by atoms with van der Waals surface area (Å²) in [4.78, 5) is 49.8. The van der Waals surface area contributed by atoms with E-state index in [0.29, 0.717) is 64.6 Å². The summed E-state index contributed by atoms with van der Waals surface area (Å²) < 4.78 is 12.5. The molecule has 13 nitrogen and oxygen atoms in total. The molecule has 2 aromatic rings. The number of primary amides is 2. The Kier molecular flexibility index (Phi) is 10.4. The maximum absolute atomic E-state index is 12.7. The molecule has 0 radical (unpaired) electrons. The third kappa shape index (κ3) is 9.63. The minimum atomic E-state index is -4.32. The second kappa shape index (κ2) is 13.2. The number of carbonyl (C=O) groups excluding carboxylic acids is 2. The average molecular weight is 538 g/mol. The van der Waals surface area contributed by atoms with Gasteiger partial charge in [0.25, 0.3) is 0 Å². The van der Waals surface area contributed by atoms with Gasteiger partial charge in [0.2, 0.25) is 17.5 Å². The predicted octanol–water partition coefficient (Wildman–Crippen LogP) is -1.70. The van der Waals surface area contributed by atoms with E-state index in [2.05, 4.69) is 4.90 Å². The number of nitrogens with zero attached hydrogens (tertiary/aromatic N) is 5. The van der Waals surface area contributed by atoms with Crippen molar-refractivity contribution in [1.82, 2.24) is 19.6 Å². The van der Waals surface area contributed by atoms with Crippen molar-refractivity contribution >= 4 is 30.2 Å². The second-order valence-corrected chi connectivity index (χ2v) is 11.0. The molecular formula is C23H36N7O6P. The summed E-state index contributed by atoms with van der Waals surface area (Å²) >= 11 is 0. The molecule has 204 valence electrons. The fourth-order valence-corrected chi connectivity index (χ4v) is 5.33. The van der Waals surface area contributed by atoms with Crippen molar-refractivity contribution in [1.29, 1.82) is 0 Å². The first kappa shape index (κ1) is 28.9. The molecule has 2 heterocycles. The van der Waals surface area contributed by atoms with Crippen molar-refractivity contribution in [2.24, 2.45) is 11.5 Å². The summed E-state index contributed by atoms with van der Waals surface area (Å²) in [6.07, 6.45) is 1.06. The van der Waals surface area contributed by atoms with Gasteiger partial charge in [-0.25, -0.2) is 0 Å². The third-order valence-electron chi connectivity index (χ3n) is 6.37. The molecule has 3 rings (SSSR count). The highest BCUT2D eigenvalue weighted by Crippen LogP contribution is 2.34. The molecule has 1 aliphatic rings. The van der Waals surface area contributed by atoms with E-state index in [9.17, 15) is 29.1 Å². The van der Waals surface area contributed by atoms with Gasteiger partial charge in [-0.2, -0.15) is 4.73 Å². The molecule has 0 saturated carbocycles. The fourth-order valence-electron chi connectivity index (χ4n) is 4.52. The van der Waals surface area contributed by atoms with Crippen LogP contribution in [-0.2, 0) is 20.7 Å². The molecule has 1 saturated heterocycles. The Morgan fingerprint density at radius 3 is 1.84 bits per heavy atom. The van der Waals surface area contributed by atoms with Crippen LogP contribution in [-0.4, -0.2) is 113 Å². The molecule has 1 fully saturated rings. The first-order valence-electron chi connectivity index (χ1n) is 12.1. The summed E-state index contributed by atoms with van der Waals surface area (Å²) in [6.45, 7) is 3.58. The molecule has 1 aromatic heterocycles. The van der Waals surface area contributed by atoms with E-state index in [-0.39, 0.29) is 13.1 Å². The van der Waals surface area contributed by atoms with E-state index >= 15 is 0 Å². The number of hydrogen-bond acceptors (Lipinski definition) is 8. The second-order valence-electron chi connectivity index (χ2n) is 9.36. The molecule has 0 unspecified atom stereocenters. The summed E-state index contributed by atoms with van der Waals surface area (Å²) in [7, 11) is -4.32. The molecule has 1 aliphatic heterocycles. The van der Waals surface area contributed by atoms with Gasteiger partial charge in [0.15, 0.2) is 6.20 Å². The molecule has 0 atom stereocenters. The zero-order valence-electron chi connectivity index (χ0n) is 20.8. The van der Waals surface area contributed by atoms with E-state index in [0.717, 1.165) is 15.5 Å². The van der Waals surface area contributed by atoms with Crippen molar-refractivity contribution in [3.8, 4) is 0 Å². The number of carbonyl (C=O) groups is 2. The van der Waals surface area contributed by atoms with Gasteiger partial charge in [-0.15, -0.1) is 0 Å². The standard InChI is InChI=1S/C23H36N7O6P/c24-22(31)16-27-9-7-26(15-21-20-4-2-1-3-19(20)5-6-30(21)33)8-10-28(17-23(25)32)12-14-29(13-11-27)18-37(34,35)36/h1-6H,7-18H2,(H2,24,31)(H2,25,32)(H2,34,35,36). The monoisotopic (exact) mass is 537 g/mol. The Morgan fingerprint density at radius 1 is 0.838 bits per heavy atom. The number of fused-ring (bicyclic) bond motifs is 1. The van der Waals surface area contributed by atoms with Crippen LogP contribution in [0.4, 0.5) is 0 Å². The summed E-state index contributed by atoms with van der Waals surface area (Å²) in [6, 6.07) is 9.42. The van der Waals surface area contributed by atoms with Gasteiger partial charge in [0.1, 0.15) is 6.29 Å².